The molecule has 1 aromatic rings. The van der Waals surface area contributed by atoms with Crippen LogP contribution in [-0.2, 0) is 10.0 Å². The van der Waals surface area contributed by atoms with Gasteiger partial charge in [-0.1, -0.05) is 11.3 Å². The Hall–Kier alpha value is -0.670. The van der Waals surface area contributed by atoms with E-state index in [-0.39, 0.29) is 16.2 Å². The molecule has 0 spiro atoms. The third-order valence-corrected chi connectivity index (χ3v) is 4.95. The van der Waals surface area contributed by atoms with E-state index in [0.29, 0.717) is 9.73 Å². The Balaban J connectivity index is 2.42. The molecule has 16 heavy (non-hydrogen) atoms. The van der Waals surface area contributed by atoms with Gasteiger partial charge in [-0.15, -0.1) is 4.40 Å². The Bertz CT molecular complexity index is 549. The molecular formula is C7H9BrN4O2S2. The number of nitrogens with one attached hydrogen (secondary N) is 2. The monoisotopic (exact) mass is 324 g/mol. The average molecular weight is 325 g/mol. The molecule has 0 aliphatic carbocycles. The number of anilines is 1. The van der Waals surface area contributed by atoms with Crippen molar-refractivity contribution in [2.75, 3.05) is 5.32 Å². The summed E-state index contributed by atoms with van der Waals surface area (Å²) < 4.78 is 27.8. The second kappa shape index (κ2) is 3.97. The normalized spacial score (nSPS) is 17.6. The van der Waals surface area contributed by atoms with E-state index in [1.807, 2.05) is 13.8 Å². The minimum Gasteiger partial charge on any atom is -0.353 e. The molecule has 2 rings (SSSR count). The Morgan fingerprint density at radius 2 is 2.19 bits per heavy atom. The summed E-state index contributed by atoms with van der Waals surface area (Å²) in [6.07, 6.45) is 0. The van der Waals surface area contributed by atoms with Gasteiger partial charge in [0.25, 0.3) is 10.0 Å². The fourth-order valence-corrected chi connectivity index (χ4v) is 4.17. The van der Waals surface area contributed by atoms with Gasteiger partial charge < -0.3 is 10.6 Å². The molecule has 0 unspecified atom stereocenters. The van der Waals surface area contributed by atoms with E-state index in [1.165, 1.54) is 0 Å². The zero-order valence-corrected chi connectivity index (χ0v) is 11.7. The van der Waals surface area contributed by atoms with Crippen LogP contribution in [0.25, 0.3) is 0 Å². The van der Waals surface area contributed by atoms with Gasteiger partial charge in [-0.25, -0.2) is 4.98 Å². The van der Waals surface area contributed by atoms with Crippen LogP contribution in [0.2, 0.25) is 0 Å². The molecule has 0 radical (unpaired) electrons. The molecule has 0 saturated heterocycles. The summed E-state index contributed by atoms with van der Waals surface area (Å²) in [5.41, 5.74) is 0. The third-order valence-electron chi connectivity index (χ3n) is 1.68. The van der Waals surface area contributed by atoms with Crippen molar-refractivity contribution in [3.05, 3.63) is 3.92 Å². The van der Waals surface area contributed by atoms with Gasteiger partial charge in [-0.05, 0) is 29.8 Å². The van der Waals surface area contributed by atoms with Crippen LogP contribution in [0.5, 0.6) is 0 Å². The Labute approximate surface area is 105 Å². The van der Waals surface area contributed by atoms with Crippen LogP contribution in [0.15, 0.2) is 12.5 Å². The van der Waals surface area contributed by atoms with Gasteiger partial charge in [0.1, 0.15) is 0 Å². The number of hydrogen-bond acceptors (Lipinski definition) is 6. The summed E-state index contributed by atoms with van der Waals surface area (Å²) in [5, 5.41) is 5.73. The number of sulfonamides is 1. The lowest BCUT2D eigenvalue weighted by atomic mass is 10.4. The molecule has 0 aromatic carbocycles. The van der Waals surface area contributed by atoms with E-state index in [1.54, 1.807) is 0 Å². The number of rotatable bonds is 1. The number of thiazole rings is 1. The number of aromatic nitrogens is 1. The lowest BCUT2D eigenvalue weighted by molar-refractivity contribution is 0.598. The van der Waals surface area contributed by atoms with E-state index in [0.717, 1.165) is 11.3 Å². The number of halogens is 1. The maximum absolute atomic E-state index is 11.8. The zero-order chi connectivity index (χ0) is 11.9. The van der Waals surface area contributed by atoms with Crippen LogP contribution >= 0.6 is 27.3 Å². The van der Waals surface area contributed by atoms with Crippen molar-refractivity contribution in [1.82, 2.24) is 10.3 Å². The Kier molecular flexibility index (Phi) is 2.93. The van der Waals surface area contributed by atoms with E-state index >= 15 is 0 Å². The Morgan fingerprint density at radius 1 is 1.50 bits per heavy atom. The first-order valence-corrected chi connectivity index (χ1v) is 7.48. The summed E-state index contributed by atoms with van der Waals surface area (Å²) >= 11 is 4.18. The molecule has 1 aliphatic rings. The molecular weight excluding hydrogens is 316 g/mol. The van der Waals surface area contributed by atoms with Crippen molar-refractivity contribution in [2.24, 2.45) is 4.40 Å². The molecule has 2 N–H and O–H groups in total. The lowest BCUT2D eigenvalue weighted by Crippen LogP contribution is -2.38. The van der Waals surface area contributed by atoms with Crippen molar-refractivity contribution >= 4 is 49.1 Å². The molecule has 0 saturated carbocycles. The van der Waals surface area contributed by atoms with E-state index < -0.39 is 10.0 Å². The van der Waals surface area contributed by atoms with Crippen molar-refractivity contribution in [3.63, 3.8) is 0 Å². The summed E-state index contributed by atoms with van der Waals surface area (Å²) in [7, 11) is -3.63. The first kappa shape index (κ1) is 11.8. The molecule has 0 amide bonds. The fraction of sp³-hybridized carbons (Fsp3) is 0.429. The zero-order valence-electron chi connectivity index (χ0n) is 8.48. The molecule has 6 nitrogen and oxygen atoms in total. The summed E-state index contributed by atoms with van der Waals surface area (Å²) in [6, 6.07) is 0.0880. The van der Waals surface area contributed by atoms with Crippen LogP contribution in [0, 0.1) is 0 Å². The fourth-order valence-electron chi connectivity index (χ4n) is 1.17. The van der Waals surface area contributed by atoms with Gasteiger partial charge >= 0.3 is 0 Å². The molecule has 0 atom stereocenters. The highest BCUT2D eigenvalue weighted by Gasteiger charge is 2.29. The standard InChI is InChI=1S/C7H9BrN4O2S2/c1-3(2)9-7-11-4-5(15-6(8)10-4)16(13,14)12-7/h3H,1-2H3,(H2,9,11,12). The molecule has 0 fully saturated rings. The van der Waals surface area contributed by atoms with Crippen molar-refractivity contribution in [1.29, 1.82) is 0 Å². The number of hydrogen-bond donors (Lipinski definition) is 2. The van der Waals surface area contributed by atoms with Gasteiger partial charge in [0.05, 0.1) is 0 Å². The second-order valence-corrected chi connectivity index (χ2v) is 7.52. The highest BCUT2D eigenvalue weighted by molar-refractivity contribution is 9.11. The van der Waals surface area contributed by atoms with Gasteiger partial charge in [-0.3, -0.25) is 0 Å². The van der Waals surface area contributed by atoms with Crippen LogP contribution < -0.4 is 10.6 Å². The van der Waals surface area contributed by atoms with Crippen molar-refractivity contribution in [2.45, 2.75) is 24.1 Å². The number of guanidine groups is 1. The summed E-state index contributed by atoms with van der Waals surface area (Å²) in [6.45, 7) is 3.78. The van der Waals surface area contributed by atoms with E-state index in [4.69, 9.17) is 0 Å². The SMILES string of the molecule is CC(C)NC1=NS(=O)(=O)c2sc(Br)nc2N1. The lowest BCUT2D eigenvalue weighted by Gasteiger charge is -2.16. The van der Waals surface area contributed by atoms with E-state index in [2.05, 4.69) is 35.9 Å². The van der Waals surface area contributed by atoms with Crippen LogP contribution in [0.4, 0.5) is 5.82 Å². The van der Waals surface area contributed by atoms with Gasteiger partial charge in [0, 0.05) is 6.04 Å². The molecule has 0 bridgehead atoms. The molecule has 1 aromatic heterocycles. The molecule has 9 heteroatoms. The van der Waals surface area contributed by atoms with Crippen LogP contribution in [-0.4, -0.2) is 25.4 Å². The maximum Gasteiger partial charge on any atom is 0.298 e. The smallest absolute Gasteiger partial charge is 0.298 e. The summed E-state index contributed by atoms with van der Waals surface area (Å²) in [4.78, 5) is 4.03. The highest BCUT2D eigenvalue weighted by atomic mass is 79.9. The van der Waals surface area contributed by atoms with Gasteiger partial charge in [0.2, 0.25) is 5.96 Å². The third kappa shape index (κ3) is 2.20. The maximum atomic E-state index is 11.8. The minimum atomic E-state index is -3.63. The quantitative estimate of drug-likeness (QED) is 0.815. The van der Waals surface area contributed by atoms with Crippen molar-refractivity contribution in [3.8, 4) is 0 Å². The predicted octanol–water partition coefficient (Wildman–Crippen LogP) is 1.37. The first-order valence-electron chi connectivity index (χ1n) is 4.43. The van der Waals surface area contributed by atoms with E-state index in [9.17, 15) is 8.42 Å². The average Bonchev–Trinajstić information content (AvgIpc) is 2.44. The molecule has 1 aliphatic heterocycles. The van der Waals surface area contributed by atoms with Crippen LogP contribution in [0.1, 0.15) is 13.8 Å². The minimum absolute atomic E-state index is 0.0880. The topological polar surface area (TPSA) is 83.5 Å². The summed E-state index contributed by atoms with van der Waals surface area (Å²) in [5.74, 6) is 0.523. The van der Waals surface area contributed by atoms with Gasteiger partial charge in [0.15, 0.2) is 13.9 Å². The first-order chi connectivity index (χ1) is 7.38. The Morgan fingerprint density at radius 3 is 2.81 bits per heavy atom. The number of fused-ring (bicyclic) bond motifs is 1. The van der Waals surface area contributed by atoms with Crippen molar-refractivity contribution < 1.29 is 8.42 Å². The highest BCUT2D eigenvalue weighted by Crippen LogP contribution is 2.34. The molecule has 2 heterocycles. The largest absolute Gasteiger partial charge is 0.353 e. The van der Waals surface area contributed by atoms with Gasteiger partial charge in [-0.2, -0.15) is 8.42 Å². The van der Waals surface area contributed by atoms with Crippen LogP contribution in [0.3, 0.4) is 0 Å². The predicted molar refractivity (Wildman–Crippen MR) is 66.3 cm³/mol. The number of nitrogens with zero attached hydrogens (tertiary/aromatic N) is 2. The molecule has 88 valence electrons. The second-order valence-electron chi connectivity index (χ2n) is 3.44.